The first kappa shape index (κ1) is 21.4. The number of H-pyrrole nitrogens is 1. The topological polar surface area (TPSA) is 90.3 Å². The molecule has 1 aromatic carbocycles. The number of aromatic nitrogens is 4. The zero-order chi connectivity index (χ0) is 23.7. The van der Waals surface area contributed by atoms with E-state index in [-0.39, 0.29) is 17.3 Å². The van der Waals surface area contributed by atoms with Gasteiger partial charge in [0, 0.05) is 55.0 Å². The fourth-order valence-corrected chi connectivity index (χ4v) is 7.26. The molecule has 3 unspecified atom stereocenters. The Hall–Kier alpha value is -2.89. The van der Waals surface area contributed by atoms with Crippen molar-refractivity contribution in [2.75, 3.05) is 44.6 Å². The van der Waals surface area contributed by atoms with Gasteiger partial charge in [-0.05, 0) is 55.1 Å². The van der Waals surface area contributed by atoms with Gasteiger partial charge in [-0.2, -0.15) is 4.68 Å². The van der Waals surface area contributed by atoms with Crippen LogP contribution in [0, 0.1) is 11.2 Å². The molecule has 35 heavy (non-hydrogen) atoms. The molecule has 0 aliphatic carbocycles. The van der Waals surface area contributed by atoms with Crippen molar-refractivity contribution in [2.24, 2.45) is 5.41 Å². The summed E-state index contributed by atoms with van der Waals surface area (Å²) in [6.45, 7) is 7.21. The molecule has 2 saturated heterocycles. The molecule has 1 spiro atoms. The molecular formula is C24H27FN7O2S+. The molecule has 8 bridgehead atoms. The fraction of sp³-hybridized carbons (Fsp3) is 0.458. The van der Waals surface area contributed by atoms with Crippen molar-refractivity contribution in [1.82, 2.24) is 24.3 Å². The van der Waals surface area contributed by atoms with Gasteiger partial charge in [0.1, 0.15) is 17.5 Å². The maximum Gasteiger partial charge on any atom is 0.417 e. The summed E-state index contributed by atoms with van der Waals surface area (Å²) >= 11 is 0. The maximum atomic E-state index is 14.8. The third-order valence-electron chi connectivity index (χ3n) is 7.71. The number of benzene rings is 1. The summed E-state index contributed by atoms with van der Waals surface area (Å²) in [6.07, 6.45) is 3.72. The Bertz CT molecular complexity index is 1360. The Morgan fingerprint density at radius 3 is 3.03 bits per heavy atom. The van der Waals surface area contributed by atoms with Crippen LogP contribution in [0.1, 0.15) is 31.4 Å². The predicted molar refractivity (Wildman–Crippen MR) is 127 cm³/mol. The van der Waals surface area contributed by atoms with Crippen molar-refractivity contribution in [3.05, 3.63) is 41.8 Å². The van der Waals surface area contributed by atoms with Crippen molar-refractivity contribution in [1.29, 1.82) is 0 Å². The highest BCUT2D eigenvalue weighted by molar-refractivity contribution is 7.82. The van der Waals surface area contributed by atoms with Gasteiger partial charge in [-0.3, -0.25) is 0 Å². The molecule has 3 atom stereocenters. The first-order valence-corrected chi connectivity index (χ1v) is 13.2. The van der Waals surface area contributed by atoms with E-state index >= 15 is 0 Å². The molecular weight excluding hydrogens is 469 g/mol. The summed E-state index contributed by atoms with van der Waals surface area (Å²) < 4.78 is 37.9. The van der Waals surface area contributed by atoms with Crippen LogP contribution in [0.5, 0.6) is 5.88 Å². The Morgan fingerprint density at radius 2 is 2.14 bits per heavy atom. The lowest BCUT2D eigenvalue weighted by molar-refractivity contribution is -0.753. The number of aromatic amines is 1. The molecule has 2 aromatic heterocycles. The normalized spacial score (nSPS) is 30.9. The molecule has 11 heteroatoms. The van der Waals surface area contributed by atoms with Crippen LogP contribution in [-0.4, -0.2) is 67.8 Å². The van der Waals surface area contributed by atoms with Gasteiger partial charge in [0.05, 0.1) is 6.61 Å². The number of nitrogens with zero attached hydrogens (tertiary/aromatic N) is 5. The van der Waals surface area contributed by atoms with E-state index in [9.17, 15) is 8.60 Å². The number of rotatable bonds is 0. The van der Waals surface area contributed by atoms with E-state index < -0.39 is 11.0 Å². The number of hydrogen-bond donors (Lipinski definition) is 2. The molecule has 0 amide bonds. The Labute approximate surface area is 204 Å². The zero-order valence-corrected chi connectivity index (χ0v) is 20.3. The standard InChI is InChI=1S/C24H26FN7O2S/c1-15-18-10-17(25)11-19-16-3-5-26-20(9-16)34-8-2-6-30-7-4-24(12-30)13-31(14-24)35(33)23-28-22(27-21(18)19)32(15)29-23/h3,5,9-11,15H,2,4,6-8,12-14H2,1H3,(H,26,27,28,29)/p+1. The molecule has 0 saturated carbocycles. The fourth-order valence-electron chi connectivity index (χ4n) is 5.89. The van der Waals surface area contributed by atoms with Crippen molar-refractivity contribution in [3.8, 4) is 17.0 Å². The van der Waals surface area contributed by atoms with Crippen LogP contribution in [0.3, 0.4) is 0 Å². The first-order chi connectivity index (χ1) is 17.0. The van der Waals surface area contributed by atoms with Crippen molar-refractivity contribution >= 4 is 22.6 Å². The van der Waals surface area contributed by atoms with Crippen LogP contribution in [0.2, 0.25) is 0 Å². The molecule has 3 aromatic rings. The third kappa shape index (κ3) is 3.47. The average Bonchev–Trinajstić information content (AvgIpc) is 3.46. The lowest BCUT2D eigenvalue weighted by Gasteiger charge is -2.46. The van der Waals surface area contributed by atoms with Crippen LogP contribution >= 0.6 is 0 Å². The third-order valence-corrected chi connectivity index (χ3v) is 8.96. The Balaban J connectivity index is 1.31. The number of pyridine rings is 1. The molecule has 7 heterocycles. The van der Waals surface area contributed by atoms with E-state index in [1.54, 1.807) is 12.3 Å². The maximum absolute atomic E-state index is 14.8. The Kier molecular flexibility index (Phi) is 4.77. The van der Waals surface area contributed by atoms with E-state index in [1.165, 1.54) is 6.07 Å². The van der Waals surface area contributed by atoms with Gasteiger partial charge >= 0.3 is 11.1 Å². The second-order valence-corrected chi connectivity index (χ2v) is 11.5. The monoisotopic (exact) mass is 496 g/mol. The van der Waals surface area contributed by atoms with E-state index in [0.29, 0.717) is 29.2 Å². The number of anilines is 2. The number of halogens is 1. The number of nitrogens with one attached hydrogen (secondary N) is 2. The summed E-state index contributed by atoms with van der Waals surface area (Å²) in [7, 11) is -1.38. The van der Waals surface area contributed by atoms with Crippen molar-refractivity contribution in [3.63, 3.8) is 0 Å². The molecule has 2 N–H and O–H groups in total. The summed E-state index contributed by atoms with van der Waals surface area (Å²) in [5.41, 5.74) is 3.31. The average molecular weight is 497 g/mol. The van der Waals surface area contributed by atoms with Crippen molar-refractivity contribution in [2.45, 2.75) is 31.0 Å². The van der Waals surface area contributed by atoms with Crippen LogP contribution in [0.15, 0.2) is 35.6 Å². The van der Waals surface area contributed by atoms with E-state index in [1.807, 2.05) is 28.0 Å². The molecule has 9 nitrogen and oxygen atoms in total. The highest BCUT2D eigenvalue weighted by Gasteiger charge is 2.50. The van der Waals surface area contributed by atoms with Gasteiger partial charge in [-0.1, -0.05) is 0 Å². The summed E-state index contributed by atoms with van der Waals surface area (Å²) in [5.74, 6) is 0.769. The van der Waals surface area contributed by atoms with Gasteiger partial charge in [0.15, 0.2) is 11.0 Å². The van der Waals surface area contributed by atoms with Gasteiger partial charge in [0.2, 0.25) is 5.88 Å². The summed E-state index contributed by atoms with van der Waals surface area (Å²) in [5, 5.41) is 7.00. The first-order valence-electron chi connectivity index (χ1n) is 12.1. The van der Waals surface area contributed by atoms with E-state index in [0.717, 1.165) is 62.4 Å². The van der Waals surface area contributed by atoms with Gasteiger partial charge < -0.3 is 9.64 Å². The second-order valence-electron chi connectivity index (χ2n) is 10.1. The van der Waals surface area contributed by atoms with Crippen molar-refractivity contribution < 1.29 is 18.0 Å². The smallest absolute Gasteiger partial charge is 0.417 e. The van der Waals surface area contributed by atoms with E-state index in [2.05, 4.69) is 25.3 Å². The minimum atomic E-state index is -1.38. The second kappa shape index (κ2) is 7.81. The van der Waals surface area contributed by atoms with Crippen LogP contribution in [-0.2, 0) is 11.0 Å². The zero-order valence-electron chi connectivity index (χ0n) is 19.5. The Morgan fingerprint density at radius 1 is 1.26 bits per heavy atom. The summed E-state index contributed by atoms with van der Waals surface area (Å²) in [6, 6.07) is 6.55. The summed E-state index contributed by atoms with van der Waals surface area (Å²) in [4.78, 5) is 11.5. The largest absolute Gasteiger partial charge is 0.478 e. The van der Waals surface area contributed by atoms with Gasteiger partial charge in [-0.25, -0.2) is 28.3 Å². The predicted octanol–water partition coefficient (Wildman–Crippen LogP) is 2.38. The highest BCUT2D eigenvalue weighted by Crippen LogP contribution is 2.42. The molecule has 0 radical (unpaired) electrons. The molecule has 5 aliphatic heterocycles. The van der Waals surface area contributed by atoms with Crippen LogP contribution in [0.25, 0.3) is 11.1 Å². The van der Waals surface area contributed by atoms with Gasteiger partial charge in [0.25, 0.3) is 0 Å². The minimum Gasteiger partial charge on any atom is -0.478 e. The number of fused-ring (bicyclic) bond motifs is 3. The molecule has 5 aliphatic rings. The highest BCUT2D eigenvalue weighted by atomic mass is 32.2. The van der Waals surface area contributed by atoms with Crippen LogP contribution < -0.4 is 14.7 Å². The van der Waals surface area contributed by atoms with E-state index in [4.69, 9.17) is 4.74 Å². The quantitative estimate of drug-likeness (QED) is 0.465. The van der Waals surface area contributed by atoms with Gasteiger partial charge in [-0.15, -0.1) is 0 Å². The SMILES string of the molecule is CC1c2cc(F)cc3c2Nc2nc([nH][n+]21)S(=O)N1CC2(CCN(CCCOc4cc-3ccn4)C2)C1. The molecule has 8 rings (SSSR count). The van der Waals surface area contributed by atoms with Crippen LogP contribution in [0.4, 0.5) is 16.0 Å². The number of ether oxygens (including phenoxy) is 1. The lowest BCUT2D eigenvalue weighted by atomic mass is 9.81. The number of hydrogen-bond acceptors (Lipinski definition) is 6. The molecule has 182 valence electrons. The minimum absolute atomic E-state index is 0.211. The lowest BCUT2D eigenvalue weighted by Crippen LogP contribution is -2.58. The molecule has 2 fully saturated rings.